The molecule has 0 aliphatic heterocycles. The van der Waals surface area contributed by atoms with Crippen LogP contribution in [0.5, 0.6) is 11.5 Å². The predicted molar refractivity (Wildman–Crippen MR) is 156 cm³/mol. The number of hydrazone groups is 1. The third-order valence-corrected chi connectivity index (χ3v) is 7.54. The summed E-state index contributed by atoms with van der Waals surface area (Å²) in [6, 6.07) is 24.0. The van der Waals surface area contributed by atoms with Gasteiger partial charge in [-0.15, -0.1) is 0 Å². The number of rotatable bonds is 9. The first-order valence-corrected chi connectivity index (χ1v) is 14.3. The molecule has 0 unspecified atom stereocenters. The molecule has 0 spiro atoms. The van der Waals surface area contributed by atoms with Crippen LogP contribution in [-0.2, 0) is 14.8 Å². The van der Waals surface area contributed by atoms with Crippen LogP contribution in [0.25, 0.3) is 5.69 Å². The van der Waals surface area contributed by atoms with Gasteiger partial charge < -0.3 is 9.30 Å². The first-order valence-electron chi connectivity index (χ1n) is 12.4. The van der Waals surface area contributed by atoms with Gasteiger partial charge in [0.1, 0.15) is 18.0 Å². The summed E-state index contributed by atoms with van der Waals surface area (Å²) in [6.07, 6.45) is 2.62. The molecule has 0 saturated heterocycles. The molecule has 8 nitrogen and oxygen atoms in total. The molecule has 4 aromatic rings. The monoisotopic (exact) mass is 544 g/mol. The van der Waals surface area contributed by atoms with Crippen molar-refractivity contribution in [1.82, 2.24) is 9.99 Å². The minimum absolute atomic E-state index is 0.342. The van der Waals surface area contributed by atoms with Gasteiger partial charge in [-0.2, -0.15) is 5.10 Å². The maximum absolute atomic E-state index is 12.7. The molecule has 3 aromatic carbocycles. The minimum atomic E-state index is -3.73. The van der Waals surface area contributed by atoms with Gasteiger partial charge in [-0.3, -0.25) is 9.10 Å². The Morgan fingerprint density at radius 2 is 1.59 bits per heavy atom. The average molecular weight is 545 g/mol. The standard InChI is InChI=1S/C30H32N4O4S/c1-21-11-12-27(17-22(21)2)34-23(3)18-25(24(34)4)19-31-32-30(35)20-33(39(5,36)37)26-13-15-29(16-14-26)38-28-9-7-6-8-10-28/h6-19H,20H2,1-5H3,(H,32,35)/b31-19-. The van der Waals surface area contributed by atoms with Crippen molar-refractivity contribution in [3.05, 3.63) is 107 Å². The molecule has 1 heterocycles. The second kappa shape index (κ2) is 11.6. The molecule has 0 saturated carbocycles. The SMILES string of the molecule is Cc1ccc(-n2c(C)cc(/C=N\NC(=O)CN(c3ccc(Oc4ccccc4)cc3)S(C)(=O)=O)c2C)cc1C. The molecule has 4 rings (SSSR count). The van der Waals surface area contributed by atoms with Gasteiger partial charge in [-0.1, -0.05) is 24.3 Å². The first-order chi connectivity index (χ1) is 18.5. The third kappa shape index (κ3) is 6.74. The average Bonchev–Trinajstić information content (AvgIpc) is 3.17. The van der Waals surface area contributed by atoms with Crippen LogP contribution in [0, 0.1) is 27.7 Å². The van der Waals surface area contributed by atoms with E-state index in [4.69, 9.17) is 4.74 Å². The van der Waals surface area contributed by atoms with Crippen molar-refractivity contribution in [1.29, 1.82) is 0 Å². The van der Waals surface area contributed by atoms with E-state index in [-0.39, 0.29) is 0 Å². The van der Waals surface area contributed by atoms with Crippen LogP contribution < -0.4 is 14.5 Å². The maximum Gasteiger partial charge on any atom is 0.260 e. The Bertz CT molecular complexity index is 1610. The highest BCUT2D eigenvalue weighted by atomic mass is 32.2. The lowest BCUT2D eigenvalue weighted by molar-refractivity contribution is -0.119. The van der Waals surface area contributed by atoms with Crippen molar-refractivity contribution in [3.63, 3.8) is 0 Å². The number of anilines is 1. The van der Waals surface area contributed by atoms with Gasteiger partial charge in [0.2, 0.25) is 10.0 Å². The molecule has 0 aliphatic carbocycles. The molecule has 1 N–H and O–H groups in total. The zero-order valence-electron chi connectivity index (χ0n) is 22.7. The summed E-state index contributed by atoms with van der Waals surface area (Å²) in [4.78, 5) is 12.7. The molecule has 202 valence electrons. The van der Waals surface area contributed by atoms with Crippen LogP contribution in [0.15, 0.2) is 84.0 Å². The molecular weight excluding hydrogens is 512 g/mol. The van der Waals surface area contributed by atoms with Crippen molar-refractivity contribution in [2.45, 2.75) is 27.7 Å². The van der Waals surface area contributed by atoms with Crippen molar-refractivity contribution >= 4 is 27.8 Å². The summed E-state index contributed by atoms with van der Waals surface area (Å²) in [6.45, 7) is 7.74. The van der Waals surface area contributed by atoms with E-state index < -0.39 is 22.5 Å². The fraction of sp³-hybridized carbons (Fsp3) is 0.200. The molecular formula is C30H32N4O4S. The Balaban J connectivity index is 1.44. The summed E-state index contributed by atoms with van der Waals surface area (Å²) in [5, 5.41) is 4.09. The number of hydrogen-bond donors (Lipinski definition) is 1. The Kier molecular flexibility index (Phi) is 8.21. The fourth-order valence-electron chi connectivity index (χ4n) is 4.23. The molecule has 0 radical (unpaired) electrons. The van der Waals surface area contributed by atoms with Crippen molar-refractivity contribution in [3.8, 4) is 17.2 Å². The molecule has 39 heavy (non-hydrogen) atoms. The molecule has 0 aliphatic rings. The Hall–Kier alpha value is -4.37. The van der Waals surface area contributed by atoms with Crippen LogP contribution in [0.4, 0.5) is 5.69 Å². The van der Waals surface area contributed by atoms with Gasteiger partial charge >= 0.3 is 0 Å². The van der Waals surface area contributed by atoms with Crippen LogP contribution in [0.2, 0.25) is 0 Å². The van der Waals surface area contributed by atoms with Crippen molar-refractivity contribution in [2.24, 2.45) is 5.10 Å². The lowest BCUT2D eigenvalue weighted by Gasteiger charge is -2.21. The van der Waals surface area contributed by atoms with Crippen molar-refractivity contribution < 1.29 is 17.9 Å². The zero-order chi connectivity index (χ0) is 28.2. The fourth-order valence-corrected chi connectivity index (χ4v) is 5.08. The molecule has 1 amide bonds. The number of amides is 1. The minimum Gasteiger partial charge on any atom is -0.457 e. The number of para-hydroxylation sites is 1. The van der Waals surface area contributed by atoms with E-state index in [9.17, 15) is 13.2 Å². The van der Waals surface area contributed by atoms with Crippen LogP contribution in [0.3, 0.4) is 0 Å². The Morgan fingerprint density at radius 1 is 0.923 bits per heavy atom. The van der Waals surface area contributed by atoms with E-state index in [2.05, 4.69) is 47.1 Å². The second-order valence-corrected chi connectivity index (χ2v) is 11.3. The lowest BCUT2D eigenvalue weighted by atomic mass is 10.1. The van der Waals surface area contributed by atoms with Crippen LogP contribution >= 0.6 is 0 Å². The third-order valence-electron chi connectivity index (χ3n) is 6.40. The van der Waals surface area contributed by atoms with E-state index in [0.717, 1.165) is 33.2 Å². The summed E-state index contributed by atoms with van der Waals surface area (Å²) in [5.74, 6) is 0.646. The second-order valence-electron chi connectivity index (χ2n) is 9.40. The van der Waals surface area contributed by atoms with Gasteiger partial charge in [0, 0.05) is 22.6 Å². The van der Waals surface area contributed by atoms with E-state index in [1.165, 1.54) is 11.1 Å². The smallest absolute Gasteiger partial charge is 0.260 e. The molecule has 0 fully saturated rings. The Morgan fingerprint density at radius 3 is 2.23 bits per heavy atom. The largest absolute Gasteiger partial charge is 0.457 e. The van der Waals surface area contributed by atoms with Crippen molar-refractivity contribution in [2.75, 3.05) is 17.1 Å². The number of sulfonamides is 1. The van der Waals surface area contributed by atoms with Gasteiger partial charge in [-0.05, 0) is 93.4 Å². The normalized spacial score (nSPS) is 11.5. The number of ether oxygens (including phenoxy) is 1. The number of carbonyl (C=O) groups is 1. The quantitative estimate of drug-likeness (QED) is 0.225. The number of benzene rings is 3. The molecule has 0 atom stereocenters. The zero-order valence-corrected chi connectivity index (χ0v) is 23.5. The van der Waals surface area contributed by atoms with Gasteiger partial charge in [0.05, 0.1) is 18.2 Å². The number of aryl methyl sites for hydroxylation is 3. The topological polar surface area (TPSA) is 93.0 Å². The highest BCUT2D eigenvalue weighted by Crippen LogP contribution is 2.26. The number of carbonyl (C=O) groups excluding carboxylic acids is 1. The van der Waals surface area contributed by atoms with E-state index >= 15 is 0 Å². The number of aromatic nitrogens is 1. The number of nitrogens with one attached hydrogen (secondary N) is 1. The summed E-state index contributed by atoms with van der Waals surface area (Å²) >= 11 is 0. The summed E-state index contributed by atoms with van der Waals surface area (Å²) in [7, 11) is -3.73. The van der Waals surface area contributed by atoms with E-state index in [1.54, 1.807) is 30.5 Å². The Labute approximate surface area is 229 Å². The van der Waals surface area contributed by atoms with E-state index in [1.807, 2.05) is 50.2 Å². The lowest BCUT2D eigenvalue weighted by Crippen LogP contribution is -2.39. The summed E-state index contributed by atoms with van der Waals surface area (Å²) < 4.78 is 33.9. The highest BCUT2D eigenvalue weighted by molar-refractivity contribution is 7.92. The van der Waals surface area contributed by atoms with Gasteiger partial charge in [0.25, 0.3) is 5.91 Å². The van der Waals surface area contributed by atoms with Crippen LogP contribution in [0.1, 0.15) is 28.1 Å². The highest BCUT2D eigenvalue weighted by Gasteiger charge is 2.21. The molecule has 0 bridgehead atoms. The van der Waals surface area contributed by atoms with E-state index in [0.29, 0.717) is 17.2 Å². The first kappa shape index (κ1) is 27.7. The van der Waals surface area contributed by atoms with Crippen LogP contribution in [-0.4, -0.2) is 37.9 Å². The molecule has 1 aromatic heterocycles. The summed E-state index contributed by atoms with van der Waals surface area (Å²) in [5.41, 5.74) is 9.14. The molecule has 9 heteroatoms. The predicted octanol–water partition coefficient (Wildman–Crippen LogP) is 5.42. The van der Waals surface area contributed by atoms with Gasteiger partial charge in [0.15, 0.2) is 0 Å². The number of hydrogen-bond acceptors (Lipinski definition) is 5. The number of nitrogens with zero attached hydrogens (tertiary/aromatic N) is 3. The van der Waals surface area contributed by atoms with Gasteiger partial charge in [-0.25, -0.2) is 13.8 Å². The maximum atomic E-state index is 12.7.